The molecule has 0 saturated heterocycles. The molecule has 0 aliphatic carbocycles. The van der Waals surface area contributed by atoms with E-state index in [1.807, 2.05) is 36.4 Å². The Morgan fingerprint density at radius 3 is 2.57 bits per heavy atom. The number of fused-ring (bicyclic) bond motifs is 1. The number of hydrogen-bond acceptors (Lipinski definition) is 6. The standard InChI is InChI=1S/C14H13N5OS/c15-5-7-19(8-6-16)9-11-10-3-1-2-4-12(10)21-13(11)14(20)18-17/h1-4H,7-9,17H2,(H,18,20). The summed E-state index contributed by atoms with van der Waals surface area (Å²) in [5.41, 5.74) is 2.94. The second-order valence-electron chi connectivity index (χ2n) is 4.34. The lowest BCUT2D eigenvalue weighted by Crippen LogP contribution is -2.31. The number of nitrogens with one attached hydrogen (secondary N) is 1. The second-order valence-corrected chi connectivity index (χ2v) is 5.39. The third-order valence-corrected chi connectivity index (χ3v) is 4.22. The molecule has 21 heavy (non-hydrogen) atoms. The maximum absolute atomic E-state index is 11.9. The van der Waals surface area contributed by atoms with Crippen molar-refractivity contribution in [2.75, 3.05) is 13.1 Å². The fourth-order valence-corrected chi connectivity index (χ4v) is 3.21. The van der Waals surface area contributed by atoms with Crippen LogP contribution in [0.4, 0.5) is 0 Å². The summed E-state index contributed by atoms with van der Waals surface area (Å²) in [4.78, 5) is 14.1. The Balaban J connectivity index is 2.47. The molecule has 2 rings (SSSR count). The third-order valence-electron chi connectivity index (χ3n) is 3.01. The average molecular weight is 299 g/mol. The Hall–Kier alpha value is -2.45. The molecule has 0 fully saturated rings. The molecule has 106 valence electrons. The van der Waals surface area contributed by atoms with E-state index < -0.39 is 0 Å². The number of nitrogens with two attached hydrogens (primary N) is 1. The van der Waals surface area contributed by atoms with Crippen LogP contribution in [0.1, 0.15) is 15.2 Å². The predicted molar refractivity (Wildman–Crippen MR) is 80.0 cm³/mol. The van der Waals surface area contributed by atoms with E-state index in [1.165, 1.54) is 11.3 Å². The molecule has 0 radical (unpaired) electrons. The minimum absolute atomic E-state index is 0.126. The van der Waals surface area contributed by atoms with Gasteiger partial charge in [0.25, 0.3) is 5.91 Å². The summed E-state index contributed by atoms with van der Waals surface area (Å²) in [7, 11) is 0. The molecule has 6 nitrogen and oxygen atoms in total. The molecule has 0 atom stereocenters. The zero-order valence-corrected chi connectivity index (χ0v) is 12.0. The SMILES string of the molecule is N#CCN(CC#N)Cc1c(C(=O)NN)sc2ccccc12. The van der Waals surface area contributed by atoms with Crippen molar-refractivity contribution in [1.82, 2.24) is 10.3 Å². The summed E-state index contributed by atoms with van der Waals surface area (Å²) in [6.45, 7) is 0.608. The molecule has 1 aromatic carbocycles. The van der Waals surface area contributed by atoms with Gasteiger partial charge in [0, 0.05) is 11.2 Å². The molecule has 1 aromatic heterocycles. The summed E-state index contributed by atoms with van der Waals surface area (Å²) >= 11 is 1.35. The van der Waals surface area contributed by atoms with Crippen LogP contribution in [0.25, 0.3) is 10.1 Å². The number of carbonyl (C=O) groups excluding carboxylic acids is 1. The number of benzene rings is 1. The van der Waals surface area contributed by atoms with Crippen LogP contribution in [0.3, 0.4) is 0 Å². The van der Waals surface area contributed by atoms with E-state index >= 15 is 0 Å². The van der Waals surface area contributed by atoms with Gasteiger partial charge < -0.3 is 0 Å². The van der Waals surface area contributed by atoms with E-state index in [2.05, 4.69) is 5.43 Å². The number of hydrogen-bond donors (Lipinski definition) is 2. The van der Waals surface area contributed by atoms with Crippen LogP contribution < -0.4 is 11.3 Å². The smallest absolute Gasteiger partial charge is 0.275 e. The highest BCUT2D eigenvalue weighted by Crippen LogP contribution is 2.32. The van der Waals surface area contributed by atoms with Crippen LogP contribution in [0.15, 0.2) is 24.3 Å². The number of nitrogens with zero attached hydrogens (tertiary/aromatic N) is 3. The number of nitriles is 2. The first kappa shape index (κ1) is 14.9. The van der Waals surface area contributed by atoms with Gasteiger partial charge >= 0.3 is 0 Å². The summed E-state index contributed by atoms with van der Waals surface area (Å²) in [5, 5.41) is 18.6. The Bertz CT molecular complexity index is 724. The summed E-state index contributed by atoms with van der Waals surface area (Å²) in [6.07, 6.45) is 0. The highest BCUT2D eigenvalue weighted by atomic mass is 32.1. The Kier molecular flexibility index (Phi) is 4.85. The third kappa shape index (κ3) is 3.18. The van der Waals surface area contributed by atoms with Gasteiger partial charge in [-0.05, 0) is 17.0 Å². The molecule has 0 unspecified atom stereocenters. The van der Waals surface area contributed by atoms with Gasteiger partial charge in [0.1, 0.15) is 0 Å². The lowest BCUT2D eigenvalue weighted by atomic mass is 10.1. The van der Waals surface area contributed by atoms with Crippen molar-refractivity contribution >= 4 is 27.3 Å². The van der Waals surface area contributed by atoms with E-state index in [1.54, 1.807) is 4.90 Å². The van der Waals surface area contributed by atoms with E-state index in [-0.39, 0.29) is 19.0 Å². The predicted octanol–water partition coefficient (Wildman–Crippen LogP) is 1.35. The average Bonchev–Trinajstić information content (AvgIpc) is 2.86. The molecule has 3 N–H and O–H groups in total. The largest absolute Gasteiger partial charge is 0.289 e. The molecule has 0 aliphatic heterocycles. The first-order valence-electron chi connectivity index (χ1n) is 6.18. The zero-order valence-electron chi connectivity index (χ0n) is 11.2. The molecule has 7 heteroatoms. The molecular weight excluding hydrogens is 286 g/mol. The van der Waals surface area contributed by atoms with Gasteiger partial charge in [-0.15, -0.1) is 11.3 Å². The quantitative estimate of drug-likeness (QED) is 0.375. The Labute approximate surface area is 126 Å². The molecule has 0 bridgehead atoms. The normalized spacial score (nSPS) is 10.3. The number of amides is 1. The number of rotatable bonds is 5. The number of thiophene rings is 1. The molecule has 0 saturated carbocycles. The first-order chi connectivity index (χ1) is 10.2. The van der Waals surface area contributed by atoms with Crippen LogP contribution in [0.2, 0.25) is 0 Å². The molecule has 1 amide bonds. The number of carbonyl (C=O) groups is 1. The van der Waals surface area contributed by atoms with Gasteiger partial charge in [-0.1, -0.05) is 18.2 Å². The fraction of sp³-hybridized carbons (Fsp3) is 0.214. The molecular formula is C14H13N5OS. The Morgan fingerprint density at radius 1 is 1.29 bits per heavy atom. The van der Waals surface area contributed by atoms with Crippen molar-refractivity contribution in [2.24, 2.45) is 5.84 Å². The molecule has 0 spiro atoms. The van der Waals surface area contributed by atoms with Crippen LogP contribution in [0.5, 0.6) is 0 Å². The van der Waals surface area contributed by atoms with Crippen molar-refractivity contribution in [3.8, 4) is 12.1 Å². The van der Waals surface area contributed by atoms with Crippen molar-refractivity contribution in [3.63, 3.8) is 0 Å². The van der Waals surface area contributed by atoms with Gasteiger partial charge in [-0.25, -0.2) is 5.84 Å². The van der Waals surface area contributed by atoms with Crippen molar-refractivity contribution in [1.29, 1.82) is 10.5 Å². The highest BCUT2D eigenvalue weighted by molar-refractivity contribution is 7.21. The van der Waals surface area contributed by atoms with Gasteiger partial charge in [0.15, 0.2) is 0 Å². The molecule has 2 aromatic rings. The van der Waals surface area contributed by atoms with E-state index in [4.69, 9.17) is 16.4 Å². The maximum atomic E-state index is 11.9. The van der Waals surface area contributed by atoms with E-state index in [9.17, 15) is 4.79 Å². The fourth-order valence-electron chi connectivity index (χ4n) is 2.10. The van der Waals surface area contributed by atoms with E-state index in [0.717, 1.165) is 15.6 Å². The molecule has 1 heterocycles. The monoisotopic (exact) mass is 299 g/mol. The van der Waals surface area contributed by atoms with Crippen molar-refractivity contribution in [2.45, 2.75) is 6.54 Å². The van der Waals surface area contributed by atoms with Gasteiger partial charge in [-0.3, -0.25) is 15.1 Å². The lowest BCUT2D eigenvalue weighted by molar-refractivity contribution is 0.0956. The summed E-state index contributed by atoms with van der Waals surface area (Å²) < 4.78 is 0.972. The Morgan fingerprint density at radius 2 is 1.95 bits per heavy atom. The van der Waals surface area contributed by atoms with Crippen LogP contribution in [-0.4, -0.2) is 23.9 Å². The van der Waals surface area contributed by atoms with Crippen LogP contribution in [0, 0.1) is 22.7 Å². The van der Waals surface area contributed by atoms with Gasteiger partial charge in [0.05, 0.1) is 30.1 Å². The maximum Gasteiger partial charge on any atom is 0.275 e. The highest BCUT2D eigenvalue weighted by Gasteiger charge is 2.19. The van der Waals surface area contributed by atoms with E-state index in [0.29, 0.717) is 11.4 Å². The minimum atomic E-state index is -0.361. The summed E-state index contributed by atoms with van der Waals surface area (Å²) in [6, 6.07) is 11.7. The lowest BCUT2D eigenvalue weighted by Gasteiger charge is -2.15. The van der Waals surface area contributed by atoms with Crippen molar-refractivity contribution in [3.05, 3.63) is 34.7 Å². The number of nitrogen functional groups attached to an aromatic ring is 1. The van der Waals surface area contributed by atoms with Crippen molar-refractivity contribution < 1.29 is 4.79 Å². The summed E-state index contributed by atoms with van der Waals surface area (Å²) in [5.74, 6) is 4.87. The minimum Gasteiger partial charge on any atom is -0.289 e. The number of hydrazine groups is 1. The zero-order chi connectivity index (χ0) is 15.2. The van der Waals surface area contributed by atoms with Crippen LogP contribution in [-0.2, 0) is 6.54 Å². The van der Waals surface area contributed by atoms with Gasteiger partial charge in [-0.2, -0.15) is 10.5 Å². The van der Waals surface area contributed by atoms with Crippen LogP contribution >= 0.6 is 11.3 Å². The first-order valence-corrected chi connectivity index (χ1v) is 7.00. The second kappa shape index (κ2) is 6.82. The topological polar surface area (TPSA) is 106 Å². The molecule has 0 aliphatic rings. The van der Waals surface area contributed by atoms with Gasteiger partial charge in [0.2, 0.25) is 0 Å².